The first-order chi connectivity index (χ1) is 11.4. The van der Waals surface area contributed by atoms with E-state index in [-0.39, 0.29) is 25.0 Å². The van der Waals surface area contributed by atoms with Gasteiger partial charge in [-0.15, -0.1) is 0 Å². The summed E-state index contributed by atoms with van der Waals surface area (Å²) >= 11 is 0. The van der Waals surface area contributed by atoms with Gasteiger partial charge >= 0.3 is 0 Å². The summed E-state index contributed by atoms with van der Waals surface area (Å²) in [6, 6.07) is 7.38. The van der Waals surface area contributed by atoms with Crippen molar-refractivity contribution in [3.63, 3.8) is 0 Å². The summed E-state index contributed by atoms with van der Waals surface area (Å²) in [6.45, 7) is 3.41. The number of benzene rings is 1. The zero-order chi connectivity index (χ0) is 17.6. The normalized spacial score (nSPS) is 17.7. The Kier molecular flexibility index (Phi) is 6.62. The van der Waals surface area contributed by atoms with Crippen LogP contribution in [0.2, 0.25) is 0 Å². The van der Waals surface area contributed by atoms with E-state index in [1.807, 2.05) is 19.1 Å². The molecule has 0 aliphatic carbocycles. The largest absolute Gasteiger partial charge is 0.376 e. The molecule has 1 saturated heterocycles. The molecule has 0 aromatic heterocycles. The van der Waals surface area contributed by atoms with Crippen LogP contribution in [-0.2, 0) is 26.0 Å². The fraction of sp³-hybridized carbons (Fsp3) is 0.588. The number of carbonyl (C=O) groups excluding carboxylic acids is 1. The summed E-state index contributed by atoms with van der Waals surface area (Å²) < 4.78 is 30.8. The molecule has 1 amide bonds. The number of rotatable bonds is 8. The number of nitrogens with zero attached hydrogens (tertiary/aromatic N) is 1. The van der Waals surface area contributed by atoms with Crippen LogP contribution >= 0.6 is 0 Å². The summed E-state index contributed by atoms with van der Waals surface area (Å²) in [5.41, 5.74) is 1.73. The average Bonchev–Trinajstić information content (AvgIpc) is 3.06. The Balaban J connectivity index is 1.92. The Hall–Kier alpha value is -1.60. The number of amides is 1. The van der Waals surface area contributed by atoms with Crippen molar-refractivity contribution < 1.29 is 17.9 Å². The highest BCUT2D eigenvalue weighted by molar-refractivity contribution is 7.92. The molecule has 6 nitrogen and oxygen atoms in total. The first-order valence-electron chi connectivity index (χ1n) is 8.35. The van der Waals surface area contributed by atoms with Crippen LogP contribution in [0.5, 0.6) is 0 Å². The topological polar surface area (TPSA) is 75.7 Å². The molecule has 0 saturated carbocycles. The molecule has 1 heterocycles. The lowest BCUT2D eigenvalue weighted by atomic mass is 10.1. The smallest absolute Gasteiger partial charge is 0.232 e. The standard InChI is InChI=1S/C17H26N2O4S/c1-3-14-6-8-15(9-7-14)19(24(2,21)22)11-10-17(20)18-13-16-5-4-12-23-16/h6-9,16H,3-5,10-13H2,1-2H3,(H,18,20). The SMILES string of the molecule is CCc1ccc(N(CCC(=O)NCC2CCCO2)S(C)(=O)=O)cc1. The van der Waals surface area contributed by atoms with Gasteiger partial charge in [-0.2, -0.15) is 0 Å². The minimum Gasteiger partial charge on any atom is -0.376 e. The first kappa shape index (κ1) is 18.7. The van der Waals surface area contributed by atoms with Crippen molar-refractivity contribution >= 4 is 21.6 Å². The molecule has 1 fully saturated rings. The number of anilines is 1. The molecule has 1 N–H and O–H groups in total. The lowest BCUT2D eigenvalue weighted by Gasteiger charge is -2.22. The van der Waals surface area contributed by atoms with Gasteiger partial charge in [-0.25, -0.2) is 8.42 Å². The summed E-state index contributed by atoms with van der Waals surface area (Å²) in [5.74, 6) is -0.163. The summed E-state index contributed by atoms with van der Waals surface area (Å²) in [4.78, 5) is 12.0. The molecule has 0 spiro atoms. The minimum atomic E-state index is -3.44. The summed E-state index contributed by atoms with van der Waals surface area (Å²) in [7, 11) is -3.44. The first-order valence-corrected chi connectivity index (χ1v) is 10.2. The number of hydrogen-bond acceptors (Lipinski definition) is 4. The molecule has 134 valence electrons. The molecule has 7 heteroatoms. The third-order valence-corrected chi connectivity index (χ3v) is 5.32. The fourth-order valence-electron chi connectivity index (χ4n) is 2.71. The Morgan fingerprint density at radius 3 is 2.58 bits per heavy atom. The number of hydrogen-bond donors (Lipinski definition) is 1. The molecular weight excluding hydrogens is 328 g/mol. The lowest BCUT2D eigenvalue weighted by molar-refractivity contribution is -0.121. The minimum absolute atomic E-state index is 0.0848. The molecule has 1 aromatic rings. The van der Waals surface area contributed by atoms with Crippen LogP contribution in [0.15, 0.2) is 24.3 Å². The third kappa shape index (κ3) is 5.49. The average molecular weight is 354 g/mol. The van der Waals surface area contributed by atoms with Crippen LogP contribution in [0.4, 0.5) is 5.69 Å². The van der Waals surface area contributed by atoms with Crippen molar-refractivity contribution in [2.75, 3.05) is 30.3 Å². The predicted molar refractivity (Wildman–Crippen MR) is 94.6 cm³/mol. The van der Waals surface area contributed by atoms with Crippen molar-refractivity contribution in [1.82, 2.24) is 5.32 Å². The summed E-state index contributed by atoms with van der Waals surface area (Å²) in [6.07, 6.45) is 4.24. The van der Waals surface area contributed by atoms with Gasteiger partial charge < -0.3 is 10.1 Å². The molecule has 0 bridgehead atoms. The van der Waals surface area contributed by atoms with E-state index in [1.54, 1.807) is 12.1 Å². The second-order valence-electron chi connectivity index (χ2n) is 6.04. The van der Waals surface area contributed by atoms with E-state index >= 15 is 0 Å². The molecule has 1 aliphatic heterocycles. The number of carbonyl (C=O) groups is 1. The highest BCUT2D eigenvalue weighted by Gasteiger charge is 2.20. The van der Waals surface area contributed by atoms with E-state index < -0.39 is 10.0 Å². The molecule has 24 heavy (non-hydrogen) atoms. The van der Waals surface area contributed by atoms with Crippen LogP contribution in [-0.4, -0.2) is 46.4 Å². The molecular formula is C17H26N2O4S. The van der Waals surface area contributed by atoms with Gasteiger partial charge in [0.2, 0.25) is 15.9 Å². The van der Waals surface area contributed by atoms with Crippen LogP contribution in [0.25, 0.3) is 0 Å². The second-order valence-corrected chi connectivity index (χ2v) is 7.95. The number of ether oxygens (including phenoxy) is 1. The Morgan fingerprint density at radius 2 is 2.04 bits per heavy atom. The zero-order valence-electron chi connectivity index (χ0n) is 14.3. The molecule has 1 atom stereocenters. The van der Waals surface area contributed by atoms with E-state index in [2.05, 4.69) is 5.32 Å². The van der Waals surface area contributed by atoms with Gasteiger partial charge in [-0.05, 0) is 37.0 Å². The van der Waals surface area contributed by atoms with Crippen molar-refractivity contribution in [3.8, 4) is 0 Å². The van der Waals surface area contributed by atoms with Crippen molar-refractivity contribution in [2.24, 2.45) is 0 Å². The predicted octanol–water partition coefficient (Wildman–Crippen LogP) is 1.70. The maximum absolute atomic E-state index is 12.0. The quantitative estimate of drug-likeness (QED) is 0.771. The van der Waals surface area contributed by atoms with Crippen molar-refractivity contribution in [3.05, 3.63) is 29.8 Å². The van der Waals surface area contributed by atoms with Crippen LogP contribution < -0.4 is 9.62 Å². The van der Waals surface area contributed by atoms with E-state index in [1.165, 1.54) is 4.31 Å². The van der Waals surface area contributed by atoms with E-state index in [0.717, 1.165) is 37.7 Å². The number of sulfonamides is 1. The molecule has 2 rings (SSSR count). The maximum atomic E-state index is 12.0. The summed E-state index contributed by atoms with van der Waals surface area (Å²) in [5, 5.41) is 2.82. The second kappa shape index (κ2) is 8.48. The van der Waals surface area contributed by atoms with Crippen LogP contribution in [0.1, 0.15) is 31.7 Å². The monoisotopic (exact) mass is 354 g/mol. The van der Waals surface area contributed by atoms with Gasteiger partial charge in [0.15, 0.2) is 0 Å². The van der Waals surface area contributed by atoms with Crippen molar-refractivity contribution in [1.29, 1.82) is 0 Å². The van der Waals surface area contributed by atoms with Gasteiger partial charge in [0, 0.05) is 26.1 Å². The Morgan fingerprint density at radius 1 is 1.33 bits per heavy atom. The Labute approximate surface area is 144 Å². The highest BCUT2D eigenvalue weighted by Crippen LogP contribution is 2.19. The van der Waals surface area contributed by atoms with Crippen LogP contribution in [0, 0.1) is 0 Å². The van der Waals surface area contributed by atoms with E-state index in [9.17, 15) is 13.2 Å². The molecule has 1 aliphatic rings. The highest BCUT2D eigenvalue weighted by atomic mass is 32.2. The Bertz CT molecular complexity index is 637. The lowest BCUT2D eigenvalue weighted by Crippen LogP contribution is -2.36. The van der Waals surface area contributed by atoms with Gasteiger partial charge in [0.05, 0.1) is 18.0 Å². The van der Waals surface area contributed by atoms with E-state index in [4.69, 9.17) is 4.74 Å². The van der Waals surface area contributed by atoms with Gasteiger partial charge in [-0.1, -0.05) is 19.1 Å². The maximum Gasteiger partial charge on any atom is 0.232 e. The molecule has 1 unspecified atom stereocenters. The van der Waals surface area contributed by atoms with E-state index in [0.29, 0.717) is 12.2 Å². The van der Waals surface area contributed by atoms with Gasteiger partial charge in [-0.3, -0.25) is 9.10 Å². The third-order valence-electron chi connectivity index (χ3n) is 4.13. The number of aryl methyl sites for hydroxylation is 1. The van der Waals surface area contributed by atoms with Gasteiger partial charge in [0.1, 0.15) is 0 Å². The number of nitrogens with one attached hydrogen (secondary N) is 1. The molecule has 0 radical (unpaired) electrons. The fourth-order valence-corrected chi connectivity index (χ4v) is 3.64. The zero-order valence-corrected chi connectivity index (χ0v) is 15.1. The van der Waals surface area contributed by atoms with Crippen molar-refractivity contribution in [2.45, 2.75) is 38.7 Å². The van der Waals surface area contributed by atoms with Crippen LogP contribution in [0.3, 0.4) is 0 Å². The van der Waals surface area contributed by atoms with Gasteiger partial charge in [0.25, 0.3) is 0 Å². The molecule has 1 aromatic carbocycles.